The predicted molar refractivity (Wildman–Crippen MR) is 81.6 cm³/mol. The molecule has 0 spiro atoms. The maximum absolute atomic E-state index is 12.8. The van der Waals surface area contributed by atoms with Gasteiger partial charge in [-0.2, -0.15) is 0 Å². The lowest BCUT2D eigenvalue weighted by molar-refractivity contribution is 0.0684. The van der Waals surface area contributed by atoms with E-state index in [1.807, 2.05) is 29.2 Å². The molecule has 4 rings (SSSR count). The number of hydrogen-bond acceptors (Lipinski definition) is 2. The van der Waals surface area contributed by atoms with Gasteiger partial charge in [-0.3, -0.25) is 4.79 Å². The van der Waals surface area contributed by atoms with E-state index in [1.165, 1.54) is 0 Å². The number of aromatic nitrogens is 1. The smallest absolute Gasteiger partial charge is 0.271 e. The molecule has 4 nitrogen and oxygen atoms in total. The summed E-state index contributed by atoms with van der Waals surface area (Å²) in [7, 11) is 1.65. The Morgan fingerprint density at radius 1 is 1.33 bits per heavy atom. The van der Waals surface area contributed by atoms with E-state index >= 15 is 0 Å². The molecule has 4 heteroatoms. The Hall–Kier alpha value is -2.23. The average molecular weight is 282 g/mol. The first kappa shape index (κ1) is 12.5. The molecule has 1 N–H and O–H groups in total. The first-order valence-electron chi connectivity index (χ1n) is 7.42. The normalized spacial score (nSPS) is 23.8. The number of nitrogens with one attached hydrogen (secondary N) is 1. The van der Waals surface area contributed by atoms with Gasteiger partial charge in [-0.05, 0) is 37.5 Å². The van der Waals surface area contributed by atoms with Gasteiger partial charge >= 0.3 is 0 Å². The first-order valence-corrected chi connectivity index (χ1v) is 7.42. The Kier molecular flexibility index (Phi) is 2.77. The molecule has 2 bridgehead atoms. The molecule has 1 amide bonds. The van der Waals surface area contributed by atoms with Crippen LogP contribution < -0.4 is 4.74 Å². The summed E-state index contributed by atoms with van der Waals surface area (Å²) in [5.74, 6) is 0.909. The van der Waals surface area contributed by atoms with Gasteiger partial charge in [-0.25, -0.2) is 0 Å². The molecule has 2 aromatic rings. The zero-order valence-electron chi connectivity index (χ0n) is 12.0. The Morgan fingerprint density at radius 3 is 3.05 bits per heavy atom. The highest BCUT2D eigenvalue weighted by Crippen LogP contribution is 2.33. The fraction of sp³-hybridized carbons (Fsp3) is 0.353. The summed E-state index contributed by atoms with van der Waals surface area (Å²) in [6.45, 7) is 0. The van der Waals surface area contributed by atoms with E-state index in [0.29, 0.717) is 11.7 Å². The van der Waals surface area contributed by atoms with E-state index in [-0.39, 0.29) is 11.9 Å². The quantitative estimate of drug-likeness (QED) is 0.860. The van der Waals surface area contributed by atoms with Gasteiger partial charge in [-0.1, -0.05) is 12.2 Å². The van der Waals surface area contributed by atoms with Crippen LogP contribution in [-0.4, -0.2) is 35.0 Å². The summed E-state index contributed by atoms with van der Waals surface area (Å²) in [5.41, 5.74) is 1.61. The van der Waals surface area contributed by atoms with Crippen LogP contribution in [0.3, 0.4) is 0 Å². The van der Waals surface area contributed by atoms with Gasteiger partial charge < -0.3 is 14.6 Å². The van der Waals surface area contributed by atoms with Crippen molar-refractivity contribution >= 4 is 16.8 Å². The molecule has 1 fully saturated rings. The van der Waals surface area contributed by atoms with Crippen LogP contribution in [0.4, 0.5) is 0 Å². The number of ether oxygens (including phenoxy) is 1. The number of amides is 1. The highest BCUT2D eigenvalue weighted by molar-refractivity contribution is 5.98. The summed E-state index contributed by atoms with van der Waals surface area (Å²) < 4.78 is 5.23. The van der Waals surface area contributed by atoms with Crippen molar-refractivity contribution in [2.75, 3.05) is 7.11 Å². The summed E-state index contributed by atoms with van der Waals surface area (Å²) >= 11 is 0. The molecule has 108 valence electrons. The lowest BCUT2D eigenvalue weighted by atomic mass is 10.1. The molecule has 1 aromatic carbocycles. The average Bonchev–Trinajstić information content (AvgIpc) is 3.04. The van der Waals surface area contributed by atoms with Crippen molar-refractivity contribution < 1.29 is 9.53 Å². The van der Waals surface area contributed by atoms with Gasteiger partial charge in [0.2, 0.25) is 0 Å². The number of benzene rings is 1. The first-order chi connectivity index (χ1) is 10.3. The molecule has 0 unspecified atom stereocenters. The third kappa shape index (κ3) is 1.94. The van der Waals surface area contributed by atoms with E-state index < -0.39 is 0 Å². The van der Waals surface area contributed by atoms with Crippen LogP contribution in [0.15, 0.2) is 36.4 Å². The second-order valence-electron chi connectivity index (χ2n) is 5.81. The molecule has 2 atom stereocenters. The highest BCUT2D eigenvalue weighted by atomic mass is 16.5. The van der Waals surface area contributed by atoms with Crippen molar-refractivity contribution in [1.82, 2.24) is 9.88 Å². The van der Waals surface area contributed by atoms with Crippen LogP contribution in [0.1, 0.15) is 29.8 Å². The van der Waals surface area contributed by atoms with Crippen LogP contribution >= 0.6 is 0 Å². The molecule has 0 aliphatic carbocycles. The van der Waals surface area contributed by atoms with Gasteiger partial charge in [0.15, 0.2) is 0 Å². The number of rotatable bonds is 2. The summed E-state index contributed by atoms with van der Waals surface area (Å²) in [5, 5.41) is 1.04. The van der Waals surface area contributed by atoms with Gasteiger partial charge in [0.1, 0.15) is 11.4 Å². The van der Waals surface area contributed by atoms with E-state index in [1.54, 1.807) is 7.11 Å². The largest absolute Gasteiger partial charge is 0.497 e. The monoisotopic (exact) mass is 282 g/mol. The number of aromatic amines is 1. The van der Waals surface area contributed by atoms with E-state index in [9.17, 15) is 4.79 Å². The van der Waals surface area contributed by atoms with E-state index in [4.69, 9.17) is 4.74 Å². The molecule has 2 aliphatic rings. The zero-order valence-corrected chi connectivity index (χ0v) is 12.0. The molecule has 1 saturated heterocycles. The van der Waals surface area contributed by atoms with Gasteiger partial charge in [0.05, 0.1) is 13.2 Å². The molecule has 3 heterocycles. The molecular formula is C17H18N2O2. The fourth-order valence-electron chi connectivity index (χ4n) is 3.53. The Labute approximate surface area is 123 Å². The van der Waals surface area contributed by atoms with Crippen LogP contribution in [0.2, 0.25) is 0 Å². The lowest BCUT2D eigenvalue weighted by Crippen LogP contribution is -2.42. The van der Waals surface area contributed by atoms with Crippen LogP contribution in [0, 0.1) is 0 Å². The zero-order chi connectivity index (χ0) is 14.4. The van der Waals surface area contributed by atoms with Gasteiger partial charge in [0, 0.05) is 23.0 Å². The number of carbonyl (C=O) groups excluding carboxylic acids is 1. The predicted octanol–water partition coefficient (Wildman–Crippen LogP) is 3.11. The van der Waals surface area contributed by atoms with Crippen LogP contribution in [0.25, 0.3) is 10.9 Å². The fourth-order valence-corrected chi connectivity index (χ4v) is 3.53. The second-order valence-corrected chi connectivity index (χ2v) is 5.81. The topological polar surface area (TPSA) is 45.3 Å². The SMILES string of the molecule is COc1ccc2cc(C(=O)N3[C@H]4CC=C[C@H]3CC4)[nH]c2c1. The molecule has 0 radical (unpaired) electrons. The van der Waals surface area contributed by atoms with Gasteiger partial charge in [0.25, 0.3) is 5.91 Å². The minimum Gasteiger partial charge on any atom is -0.497 e. The van der Waals surface area contributed by atoms with Crippen molar-refractivity contribution in [2.24, 2.45) is 0 Å². The lowest BCUT2D eigenvalue weighted by Gasteiger charge is -2.31. The molecule has 21 heavy (non-hydrogen) atoms. The van der Waals surface area contributed by atoms with E-state index in [2.05, 4.69) is 17.1 Å². The van der Waals surface area contributed by atoms with Crippen molar-refractivity contribution in [2.45, 2.75) is 31.3 Å². The molecular weight excluding hydrogens is 264 g/mol. The summed E-state index contributed by atoms with van der Waals surface area (Å²) in [4.78, 5) is 18.1. The van der Waals surface area contributed by atoms with Crippen molar-refractivity contribution in [3.05, 3.63) is 42.1 Å². The Morgan fingerprint density at radius 2 is 2.24 bits per heavy atom. The third-order valence-corrected chi connectivity index (χ3v) is 4.61. The number of carbonyl (C=O) groups is 1. The number of hydrogen-bond donors (Lipinski definition) is 1. The van der Waals surface area contributed by atoms with Gasteiger partial charge in [-0.15, -0.1) is 0 Å². The number of nitrogens with zero attached hydrogens (tertiary/aromatic N) is 1. The van der Waals surface area contributed by atoms with Crippen LogP contribution in [-0.2, 0) is 0 Å². The summed E-state index contributed by atoms with van der Waals surface area (Å²) in [6.07, 6.45) is 7.56. The maximum atomic E-state index is 12.8. The standard InChI is InChI=1S/C17H18N2O2/c1-21-14-8-5-11-9-16(18-15(11)10-14)17(20)19-12-3-2-4-13(19)7-6-12/h2-3,5,8-10,12-13,18H,4,6-7H2,1H3/t12-,13-/m0/s1. The minimum atomic E-state index is 0.113. The van der Waals surface area contributed by atoms with Crippen molar-refractivity contribution in [3.63, 3.8) is 0 Å². The maximum Gasteiger partial charge on any atom is 0.271 e. The number of methoxy groups -OCH3 is 1. The minimum absolute atomic E-state index is 0.113. The second kappa shape index (κ2) is 4.65. The third-order valence-electron chi connectivity index (χ3n) is 4.61. The van der Waals surface area contributed by atoms with Crippen molar-refractivity contribution in [1.29, 1.82) is 0 Å². The van der Waals surface area contributed by atoms with Crippen molar-refractivity contribution in [3.8, 4) is 5.75 Å². The summed E-state index contributed by atoms with van der Waals surface area (Å²) in [6, 6.07) is 8.40. The Bertz CT molecular complexity index is 731. The van der Waals surface area contributed by atoms with E-state index in [0.717, 1.165) is 35.9 Å². The molecule has 2 aliphatic heterocycles. The van der Waals surface area contributed by atoms with Crippen LogP contribution in [0.5, 0.6) is 5.75 Å². The number of H-pyrrole nitrogens is 1. The molecule has 1 aromatic heterocycles. The Balaban J connectivity index is 1.70. The number of fused-ring (bicyclic) bond motifs is 3. The highest BCUT2D eigenvalue weighted by Gasteiger charge is 2.37. The molecule has 0 saturated carbocycles.